The molecule has 0 unspecified atom stereocenters. The largest absolute Gasteiger partial charge is 0.308 e. The van der Waals surface area contributed by atoms with Crippen molar-refractivity contribution in [2.75, 3.05) is 6.54 Å². The zero-order valence-corrected chi connectivity index (χ0v) is 8.98. The molecule has 0 aliphatic heterocycles. The molecule has 0 aliphatic carbocycles. The zero-order chi connectivity index (χ0) is 12.2. The van der Waals surface area contributed by atoms with Gasteiger partial charge in [-0.2, -0.15) is 0 Å². The Morgan fingerprint density at radius 1 is 1.62 bits per heavy atom. The minimum atomic E-state index is -3.97. The van der Waals surface area contributed by atoms with Crippen LogP contribution in [0.1, 0.15) is 0 Å². The molecular formula is C8H9N3O4S. The summed E-state index contributed by atoms with van der Waals surface area (Å²) in [5.41, 5.74) is -0.556. The summed E-state index contributed by atoms with van der Waals surface area (Å²) >= 11 is 0. The second kappa shape index (κ2) is 4.81. The van der Waals surface area contributed by atoms with Crippen LogP contribution in [0.2, 0.25) is 0 Å². The third-order valence-electron chi connectivity index (χ3n) is 1.62. The summed E-state index contributed by atoms with van der Waals surface area (Å²) in [4.78, 5) is 13.3. The molecule has 0 aromatic carbocycles. The Kier molecular flexibility index (Phi) is 3.69. The Morgan fingerprint density at radius 3 is 2.88 bits per heavy atom. The molecule has 0 saturated carbocycles. The van der Waals surface area contributed by atoms with E-state index in [4.69, 9.17) is 0 Å². The summed E-state index contributed by atoms with van der Waals surface area (Å²) in [6, 6.07) is 2.38. The van der Waals surface area contributed by atoms with Crippen molar-refractivity contribution in [1.29, 1.82) is 0 Å². The normalized spacial score (nSPS) is 11.0. The number of rotatable bonds is 5. The molecule has 1 N–H and O–H groups in total. The maximum absolute atomic E-state index is 11.6. The number of pyridine rings is 1. The lowest BCUT2D eigenvalue weighted by Gasteiger charge is -2.03. The number of nitrogens with one attached hydrogen (secondary N) is 1. The van der Waals surface area contributed by atoms with E-state index >= 15 is 0 Å². The van der Waals surface area contributed by atoms with E-state index in [2.05, 4.69) is 16.3 Å². The molecule has 0 bridgehead atoms. The third-order valence-corrected chi connectivity index (χ3v) is 2.99. The van der Waals surface area contributed by atoms with E-state index in [9.17, 15) is 18.5 Å². The molecule has 0 saturated heterocycles. The molecule has 7 nitrogen and oxygen atoms in total. The zero-order valence-electron chi connectivity index (χ0n) is 8.16. The fourth-order valence-corrected chi connectivity index (χ4v) is 2.06. The van der Waals surface area contributed by atoms with Crippen molar-refractivity contribution >= 4 is 15.7 Å². The third kappa shape index (κ3) is 2.61. The molecule has 1 aromatic rings. The Bertz CT molecular complexity index is 512. The van der Waals surface area contributed by atoms with Crippen molar-refractivity contribution in [3.05, 3.63) is 41.1 Å². The molecule has 0 spiro atoms. The SMILES string of the molecule is C=CCNS(=O)(=O)c1ncccc1[N+](=O)[O-]. The summed E-state index contributed by atoms with van der Waals surface area (Å²) in [7, 11) is -3.97. The first-order valence-electron chi connectivity index (χ1n) is 4.19. The summed E-state index contributed by atoms with van der Waals surface area (Å²) in [5, 5.41) is 10.00. The van der Waals surface area contributed by atoms with Crippen LogP contribution in [0.4, 0.5) is 5.69 Å². The van der Waals surface area contributed by atoms with Crippen molar-refractivity contribution in [1.82, 2.24) is 9.71 Å². The molecule has 0 aliphatic rings. The lowest BCUT2D eigenvalue weighted by Crippen LogP contribution is -2.25. The molecule has 16 heavy (non-hydrogen) atoms. The van der Waals surface area contributed by atoms with Crippen LogP contribution in [-0.2, 0) is 10.0 Å². The van der Waals surface area contributed by atoms with Crippen molar-refractivity contribution < 1.29 is 13.3 Å². The van der Waals surface area contributed by atoms with Gasteiger partial charge >= 0.3 is 5.69 Å². The maximum Gasteiger partial charge on any atom is 0.308 e. The first-order chi connectivity index (χ1) is 7.49. The van der Waals surface area contributed by atoms with E-state index in [1.54, 1.807) is 0 Å². The highest BCUT2D eigenvalue weighted by Gasteiger charge is 2.26. The molecule has 1 rings (SSSR count). The molecule has 1 heterocycles. The van der Waals surface area contributed by atoms with Gasteiger partial charge in [0.1, 0.15) is 0 Å². The fourth-order valence-electron chi connectivity index (χ4n) is 0.965. The molecule has 1 aromatic heterocycles. The van der Waals surface area contributed by atoms with Gasteiger partial charge in [-0.1, -0.05) is 6.08 Å². The first-order valence-corrected chi connectivity index (χ1v) is 5.67. The van der Waals surface area contributed by atoms with Crippen LogP contribution in [0.15, 0.2) is 36.0 Å². The minimum absolute atomic E-state index is 0.0178. The van der Waals surface area contributed by atoms with Gasteiger partial charge in [-0.25, -0.2) is 18.1 Å². The molecule has 0 radical (unpaired) electrons. The molecule has 0 amide bonds. The van der Waals surface area contributed by atoms with E-state index < -0.39 is 25.7 Å². The number of aromatic nitrogens is 1. The highest BCUT2D eigenvalue weighted by Crippen LogP contribution is 2.19. The highest BCUT2D eigenvalue weighted by atomic mass is 32.2. The van der Waals surface area contributed by atoms with Crippen LogP contribution < -0.4 is 4.72 Å². The van der Waals surface area contributed by atoms with Crippen molar-refractivity contribution in [2.24, 2.45) is 0 Å². The Hall–Kier alpha value is -1.80. The summed E-state index contributed by atoms with van der Waals surface area (Å²) in [6.07, 6.45) is 2.50. The standard InChI is InChI=1S/C8H9N3O4S/c1-2-5-10-16(14,15)8-7(11(12)13)4-3-6-9-8/h2-4,6,10H,1,5H2. The van der Waals surface area contributed by atoms with Gasteiger partial charge in [0, 0.05) is 18.8 Å². The van der Waals surface area contributed by atoms with Gasteiger partial charge in [0.2, 0.25) is 5.03 Å². The topological polar surface area (TPSA) is 102 Å². The lowest BCUT2D eigenvalue weighted by molar-refractivity contribution is -0.388. The maximum atomic E-state index is 11.6. The van der Waals surface area contributed by atoms with Crippen LogP contribution in [0.25, 0.3) is 0 Å². The van der Waals surface area contributed by atoms with Crippen molar-refractivity contribution in [3.63, 3.8) is 0 Å². The quantitative estimate of drug-likeness (QED) is 0.459. The average Bonchev–Trinajstić information content (AvgIpc) is 2.26. The molecule has 86 valence electrons. The fraction of sp³-hybridized carbons (Fsp3) is 0.125. The summed E-state index contributed by atoms with van der Waals surface area (Å²) < 4.78 is 25.3. The Labute approximate surface area is 92.0 Å². The van der Waals surface area contributed by atoms with E-state index in [0.717, 1.165) is 6.07 Å². The average molecular weight is 243 g/mol. The second-order valence-corrected chi connectivity index (χ2v) is 4.41. The van der Waals surface area contributed by atoms with Gasteiger partial charge < -0.3 is 0 Å². The van der Waals surface area contributed by atoms with Crippen LogP contribution in [0.3, 0.4) is 0 Å². The number of nitro groups is 1. The van der Waals surface area contributed by atoms with Gasteiger partial charge in [-0.3, -0.25) is 10.1 Å². The van der Waals surface area contributed by atoms with Crippen LogP contribution in [-0.4, -0.2) is 24.9 Å². The second-order valence-electron chi connectivity index (χ2n) is 2.73. The molecular weight excluding hydrogens is 234 g/mol. The van der Waals surface area contributed by atoms with Gasteiger partial charge in [-0.15, -0.1) is 6.58 Å². The van der Waals surface area contributed by atoms with Gasteiger partial charge in [0.15, 0.2) is 0 Å². The molecule has 0 fully saturated rings. The molecule has 0 atom stereocenters. The number of nitrogens with zero attached hydrogens (tertiary/aromatic N) is 2. The smallest absolute Gasteiger partial charge is 0.258 e. The van der Waals surface area contributed by atoms with E-state index in [1.807, 2.05) is 0 Å². The number of sulfonamides is 1. The predicted octanol–water partition coefficient (Wildman–Crippen LogP) is 0.454. The van der Waals surface area contributed by atoms with Gasteiger partial charge in [0.05, 0.1) is 4.92 Å². The predicted molar refractivity (Wildman–Crippen MR) is 56.3 cm³/mol. The number of hydrogen-bond acceptors (Lipinski definition) is 5. The number of hydrogen-bond donors (Lipinski definition) is 1. The van der Waals surface area contributed by atoms with Crippen molar-refractivity contribution in [3.8, 4) is 0 Å². The van der Waals surface area contributed by atoms with Crippen LogP contribution >= 0.6 is 0 Å². The monoisotopic (exact) mass is 243 g/mol. The van der Waals surface area contributed by atoms with Gasteiger partial charge in [-0.05, 0) is 6.07 Å². The Balaban J connectivity index is 3.22. The lowest BCUT2D eigenvalue weighted by atomic mass is 10.4. The summed E-state index contributed by atoms with van der Waals surface area (Å²) in [6.45, 7) is 3.32. The highest BCUT2D eigenvalue weighted by molar-refractivity contribution is 7.89. The van der Waals surface area contributed by atoms with E-state index in [-0.39, 0.29) is 6.54 Å². The minimum Gasteiger partial charge on any atom is -0.258 e. The van der Waals surface area contributed by atoms with Crippen molar-refractivity contribution in [2.45, 2.75) is 5.03 Å². The van der Waals surface area contributed by atoms with E-state index in [0.29, 0.717) is 0 Å². The Morgan fingerprint density at radius 2 is 2.31 bits per heavy atom. The van der Waals surface area contributed by atoms with Crippen LogP contribution in [0.5, 0.6) is 0 Å². The van der Waals surface area contributed by atoms with E-state index in [1.165, 1.54) is 18.3 Å². The van der Waals surface area contributed by atoms with Crippen LogP contribution in [0, 0.1) is 10.1 Å². The molecule has 8 heteroatoms. The summed E-state index contributed by atoms with van der Waals surface area (Å²) in [5.74, 6) is 0. The first kappa shape index (κ1) is 12.3. The van der Waals surface area contributed by atoms with Gasteiger partial charge in [0.25, 0.3) is 10.0 Å².